The summed E-state index contributed by atoms with van der Waals surface area (Å²) >= 11 is 1.41. The minimum atomic E-state index is -0.447. The molecule has 29 heavy (non-hydrogen) atoms. The number of carbonyl (C=O) groups excluding carboxylic acids is 2. The van der Waals surface area contributed by atoms with Gasteiger partial charge in [-0.2, -0.15) is 5.10 Å². The summed E-state index contributed by atoms with van der Waals surface area (Å²) in [5, 5.41) is 5.53. The second-order valence-electron chi connectivity index (χ2n) is 7.17. The van der Waals surface area contributed by atoms with Gasteiger partial charge in [0.25, 0.3) is 5.91 Å². The molecule has 2 N–H and O–H groups in total. The fraction of sp³-hybridized carbons (Fsp3) is 0.350. The molecule has 1 aliphatic heterocycles. The molecule has 0 saturated carbocycles. The van der Waals surface area contributed by atoms with Crippen LogP contribution in [0.15, 0.2) is 30.3 Å². The number of nitrogens with zero attached hydrogens (tertiary/aromatic N) is 4. The third kappa shape index (κ3) is 3.95. The number of benzene rings is 1. The number of halogens is 1. The molecule has 3 amide bonds. The summed E-state index contributed by atoms with van der Waals surface area (Å²) in [4.78, 5) is 29.4. The Morgan fingerprint density at radius 1 is 1.14 bits per heavy atom. The lowest BCUT2D eigenvalue weighted by molar-refractivity contribution is 0.0767. The Bertz CT molecular complexity index is 1060. The summed E-state index contributed by atoms with van der Waals surface area (Å²) in [5.41, 5.74) is 7.16. The van der Waals surface area contributed by atoms with E-state index in [0.717, 1.165) is 21.5 Å². The van der Waals surface area contributed by atoms with Crippen molar-refractivity contribution in [1.29, 1.82) is 0 Å². The molecule has 9 heteroatoms. The molecule has 1 fully saturated rings. The van der Waals surface area contributed by atoms with Crippen LogP contribution in [0.2, 0.25) is 0 Å². The molecule has 1 saturated heterocycles. The molecule has 152 valence electrons. The van der Waals surface area contributed by atoms with Crippen molar-refractivity contribution in [1.82, 2.24) is 19.6 Å². The van der Waals surface area contributed by atoms with Gasteiger partial charge in [0.2, 0.25) is 0 Å². The van der Waals surface area contributed by atoms with E-state index in [-0.39, 0.29) is 11.7 Å². The van der Waals surface area contributed by atoms with Crippen LogP contribution in [-0.2, 0) is 6.54 Å². The monoisotopic (exact) mass is 415 g/mol. The van der Waals surface area contributed by atoms with Gasteiger partial charge in [-0.3, -0.25) is 9.48 Å². The first-order valence-electron chi connectivity index (χ1n) is 9.47. The topological polar surface area (TPSA) is 84.5 Å². The zero-order valence-electron chi connectivity index (χ0n) is 16.1. The number of aromatic nitrogens is 2. The van der Waals surface area contributed by atoms with Gasteiger partial charge in [-0.05, 0) is 37.1 Å². The highest BCUT2D eigenvalue weighted by Gasteiger charge is 2.24. The van der Waals surface area contributed by atoms with E-state index in [1.165, 1.54) is 23.5 Å². The average molecular weight is 415 g/mol. The van der Waals surface area contributed by atoms with Crippen molar-refractivity contribution in [2.75, 3.05) is 26.2 Å². The second-order valence-corrected chi connectivity index (χ2v) is 8.20. The van der Waals surface area contributed by atoms with Gasteiger partial charge in [0, 0.05) is 31.6 Å². The maximum absolute atomic E-state index is 13.2. The Balaban J connectivity index is 1.56. The number of hydrogen-bond donors (Lipinski definition) is 1. The Labute approximate surface area is 171 Å². The van der Waals surface area contributed by atoms with Crippen LogP contribution >= 0.6 is 11.3 Å². The van der Waals surface area contributed by atoms with Gasteiger partial charge in [-0.25, -0.2) is 9.18 Å². The number of thiophene rings is 1. The van der Waals surface area contributed by atoms with E-state index in [1.807, 2.05) is 17.7 Å². The highest BCUT2D eigenvalue weighted by atomic mass is 32.1. The predicted octanol–water partition coefficient (Wildman–Crippen LogP) is 2.82. The van der Waals surface area contributed by atoms with Crippen LogP contribution in [0.3, 0.4) is 0 Å². The molecule has 0 spiro atoms. The summed E-state index contributed by atoms with van der Waals surface area (Å²) in [6, 6.07) is 7.78. The van der Waals surface area contributed by atoms with Crippen LogP contribution in [0.1, 0.15) is 27.3 Å². The first kappa shape index (κ1) is 19.4. The molecule has 0 bridgehead atoms. The summed E-state index contributed by atoms with van der Waals surface area (Å²) in [6.45, 7) is 4.51. The Morgan fingerprint density at radius 3 is 2.55 bits per heavy atom. The van der Waals surface area contributed by atoms with Crippen LogP contribution in [0.25, 0.3) is 10.2 Å². The molecule has 0 aliphatic carbocycles. The van der Waals surface area contributed by atoms with E-state index in [4.69, 9.17) is 5.73 Å². The van der Waals surface area contributed by atoms with Crippen LogP contribution in [0, 0.1) is 12.7 Å². The molecular weight excluding hydrogens is 393 g/mol. The Morgan fingerprint density at radius 2 is 1.83 bits per heavy atom. The first-order valence-corrected chi connectivity index (χ1v) is 10.3. The number of rotatable bonds is 3. The highest BCUT2D eigenvalue weighted by Crippen LogP contribution is 2.30. The maximum Gasteiger partial charge on any atom is 0.314 e. The quantitative estimate of drug-likeness (QED) is 0.714. The number of urea groups is 1. The number of primary amides is 1. The highest BCUT2D eigenvalue weighted by molar-refractivity contribution is 7.20. The molecule has 2 aromatic heterocycles. The first-order chi connectivity index (χ1) is 13.9. The van der Waals surface area contributed by atoms with Gasteiger partial charge in [0.1, 0.15) is 10.6 Å². The minimum absolute atomic E-state index is 0.0368. The molecule has 0 atom stereocenters. The molecule has 0 radical (unpaired) electrons. The zero-order valence-corrected chi connectivity index (χ0v) is 16.9. The normalized spacial score (nSPS) is 15.0. The smallest absolute Gasteiger partial charge is 0.314 e. The number of nitrogens with two attached hydrogens (primary N) is 1. The molecule has 4 rings (SSSR count). The Hall–Kier alpha value is -2.94. The molecular formula is C20H22FN5O2S. The number of hydrogen-bond acceptors (Lipinski definition) is 4. The van der Waals surface area contributed by atoms with Gasteiger partial charge in [0.15, 0.2) is 0 Å². The molecule has 1 aromatic carbocycles. The van der Waals surface area contributed by atoms with E-state index < -0.39 is 6.03 Å². The zero-order chi connectivity index (χ0) is 20.5. The number of amides is 3. The molecule has 3 heterocycles. The van der Waals surface area contributed by atoms with Crippen LogP contribution in [-0.4, -0.2) is 57.7 Å². The lowest BCUT2D eigenvalue weighted by Crippen LogP contribution is -2.39. The molecule has 1 aliphatic rings. The van der Waals surface area contributed by atoms with E-state index in [1.54, 1.807) is 21.9 Å². The van der Waals surface area contributed by atoms with Crippen molar-refractivity contribution in [3.05, 3.63) is 52.3 Å². The van der Waals surface area contributed by atoms with Gasteiger partial charge in [-0.1, -0.05) is 12.1 Å². The summed E-state index contributed by atoms with van der Waals surface area (Å²) in [7, 11) is 0. The number of aryl methyl sites for hydroxylation is 1. The summed E-state index contributed by atoms with van der Waals surface area (Å²) in [5.74, 6) is -0.308. The van der Waals surface area contributed by atoms with Gasteiger partial charge < -0.3 is 15.5 Å². The van der Waals surface area contributed by atoms with Crippen molar-refractivity contribution in [2.24, 2.45) is 5.73 Å². The second kappa shape index (κ2) is 7.82. The number of fused-ring (bicyclic) bond motifs is 1. The third-order valence-electron chi connectivity index (χ3n) is 5.16. The molecule has 0 unspecified atom stereocenters. The van der Waals surface area contributed by atoms with E-state index in [0.29, 0.717) is 44.0 Å². The maximum atomic E-state index is 13.2. The predicted molar refractivity (Wildman–Crippen MR) is 110 cm³/mol. The number of carbonyl (C=O) groups is 2. The largest absolute Gasteiger partial charge is 0.351 e. The van der Waals surface area contributed by atoms with Crippen molar-refractivity contribution in [3.8, 4) is 0 Å². The summed E-state index contributed by atoms with van der Waals surface area (Å²) < 4.78 is 15.0. The molecule has 7 nitrogen and oxygen atoms in total. The van der Waals surface area contributed by atoms with Gasteiger partial charge in [-0.15, -0.1) is 11.3 Å². The standard InChI is InChI=1S/C20H22FN5O2S/c1-13-16-11-17(18(27)24-7-2-8-25(10-9-24)20(22)28)29-19(16)26(23-13)12-14-3-5-15(21)6-4-14/h3-6,11H,2,7-10,12H2,1H3,(H2,22,28). The fourth-order valence-electron chi connectivity index (χ4n) is 3.58. The van der Waals surface area contributed by atoms with Crippen LogP contribution in [0.5, 0.6) is 0 Å². The Kier molecular flexibility index (Phi) is 5.23. The van der Waals surface area contributed by atoms with Gasteiger partial charge in [0.05, 0.1) is 17.1 Å². The van der Waals surface area contributed by atoms with Crippen LogP contribution < -0.4 is 5.73 Å². The summed E-state index contributed by atoms with van der Waals surface area (Å²) in [6.07, 6.45) is 0.705. The lowest BCUT2D eigenvalue weighted by atomic mass is 10.2. The van der Waals surface area contributed by atoms with Crippen molar-refractivity contribution >= 4 is 33.5 Å². The average Bonchev–Trinajstić information content (AvgIpc) is 3.14. The molecule has 3 aromatic rings. The van der Waals surface area contributed by atoms with Crippen LogP contribution in [0.4, 0.5) is 9.18 Å². The third-order valence-corrected chi connectivity index (χ3v) is 6.29. The van der Waals surface area contributed by atoms with Crippen molar-refractivity contribution in [3.63, 3.8) is 0 Å². The van der Waals surface area contributed by atoms with E-state index >= 15 is 0 Å². The van der Waals surface area contributed by atoms with Gasteiger partial charge >= 0.3 is 6.03 Å². The SMILES string of the molecule is Cc1nn(Cc2ccc(F)cc2)c2sc(C(=O)N3CCCN(C(N)=O)CC3)cc12. The van der Waals surface area contributed by atoms with Crippen molar-refractivity contribution in [2.45, 2.75) is 19.9 Å². The minimum Gasteiger partial charge on any atom is -0.351 e. The fourth-order valence-corrected chi connectivity index (χ4v) is 4.71. The van der Waals surface area contributed by atoms with E-state index in [2.05, 4.69) is 5.10 Å². The van der Waals surface area contributed by atoms with E-state index in [9.17, 15) is 14.0 Å². The van der Waals surface area contributed by atoms with Crippen molar-refractivity contribution < 1.29 is 14.0 Å². The lowest BCUT2D eigenvalue weighted by Gasteiger charge is -2.20.